The van der Waals surface area contributed by atoms with E-state index >= 15 is 0 Å². The Morgan fingerprint density at radius 1 is 1.00 bits per heavy atom. The fourth-order valence-electron chi connectivity index (χ4n) is 0. The van der Waals surface area contributed by atoms with E-state index in [2.05, 4.69) is 0 Å². The average molecular weight is 347 g/mol. The van der Waals surface area contributed by atoms with Crippen LogP contribution < -0.4 is 0 Å². The fourth-order valence-corrected chi connectivity index (χ4v) is 0. The third-order valence-corrected chi connectivity index (χ3v) is 0. The van der Waals surface area contributed by atoms with Gasteiger partial charge in [-0.3, -0.25) is 0 Å². The van der Waals surface area contributed by atoms with E-state index in [1.165, 1.54) is 0 Å². The second-order valence-corrected chi connectivity index (χ2v) is 0. The maximum Gasteiger partial charge on any atom is 0 e. The van der Waals surface area contributed by atoms with Crippen molar-refractivity contribution in [1.82, 2.24) is 0 Å². The fraction of sp³-hybridized carbons (Fsp3) is 0. The summed E-state index contributed by atoms with van der Waals surface area (Å²) in [5.41, 5.74) is 0. The van der Waals surface area contributed by atoms with E-state index in [1.807, 2.05) is 0 Å². The van der Waals surface area contributed by atoms with Crippen molar-refractivity contribution in [2.45, 2.75) is 0 Å². The molecule has 0 fully saturated rings. The molecule has 0 unspecified atom stereocenters. The second kappa shape index (κ2) is 20.6. The molecule has 0 heterocycles. The van der Waals surface area contributed by atoms with Gasteiger partial charge in [0.25, 0.3) is 0 Å². The molecule has 3 heteroatoms. The van der Waals surface area contributed by atoms with Gasteiger partial charge in [-0.2, -0.15) is 0 Å². The van der Waals surface area contributed by atoms with Crippen LogP contribution in [0.1, 0.15) is 0 Å². The van der Waals surface area contributed by atoms with Crippen molar-refractivity contribution in [2.75, 3.05) is 0 Å². The molecule has 0 aliphatic rings. The Morgan fingerprint density at radius 3 is 1.00 bits per heavy atom. The first-order valence-corrected chi connectivity index (χ1v) is 0. The first-order chi connectivity index (χ1) is 0. The van der Waals surface area contributed by atoms with Crippen LogP contribution in [-0.4, -0.2) is 0 Å². The Kier molecular flexibility index (Phi) is 201. The predicted octanol–water partition coefficient (Wildman–Crippen LogP) is 0.443. The molecule has 0 N–H and O–H groups in total. The van der Waals surface area contributed by atoms with Gasteiger partial charge in [0.15, 0.2) is 0 Å². The van der Waals surface area contributed by atoms with Gasteiger partial charge in [-0.25, -0.2) is 0 Å². The van der Waals surface area contributed by atoms with Crippen LogP contribution in [0, 0.1) is 7.43 Å². The molecule has 0 rings (SSSR count). The molecule has 0 aliphatic heterocycles. The molecule has 0 atom stereocenters. The van der Waals surface area contributed by atoms with Crippen LogP contribution >= 0.6 is 0 Å². The summed E-state index contributed by atoms with van der Waals surface area (Å²) < 4.78 is 0. The largest absolute Gasteiger partial charge is 0.358 e. The monoisotopic (exact) mass is 349 g/mol. The minimum atomic E-state index is 0. The van der Waals surface area contributed by atoms with Gasteiger partial charge in [0.2, 0.25) is 0 Å². The van der Waals surface area contributed by atoms with Gasteiger partial charge in [0.1, 0.15) is 0 Å². The van der Waals surface area contributed by atoms with Crippen LogP contribution in [0.3, 0.4) is 0 Å². The van der Waals surface area contributed by atoms with Gasteiger partial charge in [-0.05, 0) is 0 Å². The van der Waals surface area contributed by atoms with Gasteiger partial charge in [0, 0.05) is 59.5 Å². The number of hydrogen-bond donors (Lipinski definition) is 0. The van der Waals surface area contributed by atoms with Crippen molar-refractivity contribution < 1.29 is 59.5 Å². The molecule has 0 spiro atoms. The normalized spacial score (nSPS) is 0. The minimum absolute atomic E-state index is 0. The summed E-state index contributed by atoms with van der Waals surface area (Å²) in [5.74, 6) is 0. The molecule has 26 valence electrons. The smallest absolute Gasteiger partial charge is 0 e. The first kappa shape index (κ1) is 39.1. The summed E-state index contributed by atoms with van der Waals surface area (Å²) in [4.78, 5) is 0. The van der Waals surface area contributed by atoms with Gasteiger partial charge in [-0.15, -0.1) is 0 Å². The predicted molar refractivity (Wildman–Crippen MR) is 6.41 cm³/mol. The molecular weight excluding hydrogens is 344 g/mol. The summed E-state index contributed by atoms with van der Waals surface area (Å²) in [6.45, 7) is 0. The van der Waals surface area contributed by atoms with Crippen LogP contribution in [0.15, 0.2) is 0 Å². The topological polar surface area (TPSA) is 0 Å². The number of hydrogen-bond acceptors (Lipinski definition) is 0. The van der Waals surface area contributed by atoms with E-state index in [0.717, 1.165) is 0 Å². The summed E-state index contributed by atoms with van der Waals surface area (Å²) >= 11 is 0. The molecule has 0 aliphatic carbocycles. The maximum atomic E-state index is 0. The Balaban J connectivity index is 0. The zero-order valence-corrected chi connectivity index (χ0v) is 8.44. The average Bonchev–Trinajstić information content (AvgIpc) is 0. The quantitative estimate of drug-likeness (QED) is 0.441. The molecule has 0 bridgehead atoms. The summed E-state index contributed by atoms with van der Waals surface area (Å²) in [6.07, 6.45) is 0. The molecule has 0 aromatic rings. The van der Waals surface area contributed by atoms with Crippen molar-refractivity contribution in [3.8, 4) is 0 Å². The van der Waals surface area contributed by atoms with Crippen LogP contribution in [0.2, 0.25) is 0 Å². The molecular formula is CH3CrMoW-. The van der Waals surface area contributed by atoms with E-state index < -0.39 is 0 Å². The van der Waals surface area contributed by atoms with E-state index in [0.29, 0.717) is 0 Å². The number of rotatable bonds is 0. The molecule has 0 aromatic heterocycles. The van der Waals surface area contributed by atoms with E-state index in [4.69, 9.17) is 0 Å². The van der Waals surface area contributed by atoms with Gasteiger partial charge in [0.05, 0.1) is 0 Å². The summed E-state index contributed by atoms with van der Waals surface area (Å²) in [5, 5.41) is 0. The van der Waals surface area contributed by atoms with Gasteiger partial charge < -0.3 is 7.43 Å². The molecule has 0 aromatic carbocycles. The third kappa shape index (κ3) is 9.08. The van der Waals surface area contributed by atoms with Gasteiger partial charge >= 0.3 is 0 Å². The molecule has 0 amide bonds. The second-order valence-electron chi connectivity index (χ2n) is 0. The van der Waals surface area contributed by atoms with E-state index in [-0.39, 0.29) is 66.9 Å². The van der Waals surface area contributed by atoms with Gasteiger partial charge in [-0.1, -0.05) is 0 Å². The van der Waals surface area contributed by atoms with Crippen LogP contribution in [0.5, 0.6) is 0 Å². The summed E-state index contributed by atoms with van der Waals surface area (Å²) in [7, 11) is 0. The Morgan fingerprint density at radius 2 is 1.00 bits per heavy atom. The van der Waals surface area contributed by atoms with Crippen molar-refractivity contribution in [3.63, 3.8) is 0 Å². The molecule has 0 radical (unpaired) electrons. The Labute approximate surface area is 66.4 Å². The molecule has 0 saturated carbocycles. The van der Waals surface area contributed by atoms with Crippen molar-refractivity contribution in [2.24, 2.45) is 0 Å². The molecule has 4 heavy (non-hydrogen) atoms. The van der Waals surface area contributed by atoms with Crippen molar-refractivity contribution in [1.29, 1.82) is 0 Å². The molecule has 0 saturated heterocycles. The van der Waals surface area contributed by atoms with E-state index in [9.17, 15) is 0 Å². The standard InChI is InChI=1S/CH3.Cr.Mo.W/h1H3;;;/q-1;;;. The van der Waals surface area contributed by atoms with E-state index in [1.54, 1.807) is 0 Å². The summed E-state index contributed by atoms with van der Waals surface area (Å²) in [6, 6.07) is 0. The maximum absolute atomic E-state index is 0. The molecule has 0 nitrogen and oxygen atoms in total. The van der Waals surface area contributed by atoms with Crippen molar-refractivity contribution in [3.05, 3.63) is 7.43 Å². The van der Waals surface area contributed by atoms with Crippen LogP contribution in [-0.2, 0) is 59.5 Å². The van der Waals surface area contributed by atoms with Crippen molar-refractivity contribution >= 4 is 0 Å². The first-order valence-electron chi connectivity index (χ1n) is 0. The van der Waals surface area contributed by atoms with Crippen LogP contribution in [0.4, 0.5) is 0 Å². The third-order valence-electron chi connectivity index (χ3n) is 0. The Bertz CT molecular complexity index is 8.00. The van der Waals surface area contributed by atoms with Crippen LogP contribution in [0.25, 0.3) is 0 Å². The Hall–Kier alpha value is 1.91. The minimum Gasteiger partial charge on any atom is -0.358 e. The zero-order chi connectivity index (χ0) is 0. The zero-order valence-electron chi connectivity index (χ0n) is 2.22. The SMILES string of the molecule is [CH3-].[Cr].[Mo].[W].